The molecule has 0 saturated heterocycles. The highest BCUT2D eigenvalue weighted by Gasteiger charge is 2.11. The Labute approximate surface area is 125 Å². The number of hydrogen-bond acceptors (Lipinski definition) is 5. The van der Waals surface area contributed by atoms with Gasteiger partial charge >= 0.3 is 0 Å². The first-order valence-electron chi connectivity index (χ1n) is 6.12. The minimum atomic E-state index is -0.584. The Bertz CT molecular complexity index is 681. The number of nitrogens with zero attached hydrogens (tertiary/aromatic N) is 2. The number of benzene rings is 1. The quantitative estimate of drug-likeness (QED) is 0.645. The molecule has 0 atom stereocenters. The third kappa shape index (κ3) is 3.79. The second-order valence-electron chi connectivity index (χ2n) is 4.14. The molecular formula is C13H12ClFN4O2. The molecule has 2 N–H and O–H groups in total. The highest BCUT2D eigenvalue weighted by atomic mass is 35.5. The number of anilines is 3. The number of halogens is 2. The number of nitro groups is 1. The Morgan fingerprint density at radius 1 is 1.33 bits per heavy atom. The minimum absolute atomic E-state index is 0.000824. The van der Waals surface area contributed by atoms with E-state index in [2.05, 4.69) is 15.6 Å². The Kier molecular flexibility index (Phi) is 4.54. The molecule has 0 spiro atoms. The minimum Gasteiger partial charge on any atom is -0.370 e. The fourth-order valence-electron chi connectivity index (χ4n) is 1.68. The highest BCUT2D eigenvalue weighted by Crippen LogP contribution is 2.25. The topological polar surface area (TPSA) is 80.1 Å². The van der Waals surface area contributed by atoms with Gasteiger partial charge < -0.3 is 10.6 Å². The molecule has 0 aliphatic rings. The molecular weight excluding hydrogens is 299 g/mol. The van der Waals surface area contributed by atoms with Gasteiger partial charge in [-0.05, 0) is 25.1 Å². The molecule has 0 saturated carbocycles. The van der Waals surface area contributed by atoms with Crippen LogP contribution in [-0.2, 0) is 0 Å². The second kappa shape index (κ2) is 6.36. The van der Waals surface area contributed by atoms with Gasteiger partial charge in [-0.1, -0.05) is 11.6 Å². The van der Waals surface area contributed by atoms with Gasteiger partial charge in [0.25, 0.3) is 5.69 Å². The van der Waals surface area contributed by atoms with Crippen molar-refractivity contribution >= 4 is 34.6 Å². The number of hydrogen-bond donors (Lipinski definition) is 2. The van der Waals surface area contributed by atoms with Crippen molar-refractivity contribution in [2.45, 2.75) is 6.92 Å². The van der Waals surface area contributed by atoms with Gasteiger partial charge in [0.05, 0.1) is 22.1 Å². The van der Waals surface area contributed by atoms with E-state index < -0.39 is 10.7 Å². The van der Waals surface area contributed by atoms with E-state index in [0.29, 0.717) is 18.1 Å². The van der Waals surface area contributed by atoms with Crippen molar-refractivity contribution in [2.75, 3.05) is 17.2 Å². The molecule has 2 aromatic rings. The average molecular weight is 311 g/mol. The first-order valence-corrected chi connectivity index (χ1v) is 6.50. The Hall–Kier alpha value is -2.41. The van der Waals surface area contributed by atoms with Gasteiger partial charge in [-0.3, -0.25) is 10.1 Å². The van der Waals surface area contributed by atoms with Gasteiger partial charge in [-0.15, -0.1) is 0 Å². The number of rotatable bonds is 5. The fourth-order valence-corrected chi connectivity index (χ4v) is 1.80. The number of nitrogens with one attached hydrogen (secondary N) is 2. The molecule has 1 aromatic carbocycles. The fraction of sp³-hybridized carbons (Fsp3) is 0.154. The summed E-state index contributed by atoms with van der Waals surface area (Å²) in [5, 5.41) is 16.6. The smallest absolute Gasteiger partial charge is 0.276 e. The SMILES string of the molecule is CCNc1cc([N+](=O)[O-])cc(Nc2ccc(Cl)c(F)c2)n1. The molecule has 0 bridgehead atoms. The third-order valence-electron chi connectivity index (χ3n) is 2.57. The van der Waals surface area contributed by atoms with Gasteiger partial charge in [0.15, 0.2) is 0 Å². The summed E-state index contributed by atoms with van der Waals surface area (Å²) >= 11 is 5.60. The predicted octanol–water partition coefficient (Wildman–Crippen LogP) is 3.96. The molecule has 0 aliphatic heterocycles. The van der Waals surface area contributed by atoms with Gasteiger partial charge in [0, 0.05) is 12.2 Å². The maximum atomic E-state index is 13.4. The largest absolute Gasteiger partial charge is 0.370 e. The lowest BCUT2D eigenvalue weighted by Gasteiger charge is -2.09. The van der Waals surface area contributed by atoms with Crippen LogP contribution in [-0.4, -0.2) is 16.5 Å². The molecule has 110 valence electrons. The van der Waals surface area contributed by atoms with E-state index in [1.807, 2.05) is 6.92 Å². The molecule has 0 fully saturated rings. The molecule has 8 heteroatoms. The molecule has 6 nitrogen and oxygen atoms in total. The first kappa shape index (κ1) is 15.0. The van der Waals surface area contributed by atoms with Crippen molar-refractivity contribution in [2.24, 2.45) is 0 Å². The lowest BCUT2D eigenvalue weighted by atomic mass is 10.3. The Morgan fingerprint density at radius 2 is 2.05 bits per heavy atom. The lowest BCUT2D eigenvalue weighted by Crippen LogP contribution is -2.03. The van der Waals surface area contributed by atoms with Crippen LogP contribution in [0.25, 0.3) is 0 Å². The van der Waals surface area contributed by atoms with Crippen LogP contribution in [0.2, 0.25) is 5.02 Å². The lowest BCUT2D eigenvalue weighted by molar-refractivity contribution is -0.384. The van der Waals surface area contributed by atoms with Gasteiger partial charge in [0.1, 0.15) is 17.5 Å². The van der Waals surface area contributed by atoms with Crippen molar-refractivity contribution in [1.82, 2.24) is 4.98 Å². The van der Waals surface area contributed by atoms with E-state index in [0.717, 1.165) is 0 Å². The molecule has 0 radical (unpaired) electrons. The van der Waals surface area contributed by atoms with Crippen LogP contribution in [0.15, 0.2) is 30.3 Å². The van der Waals surface area contributed by atoms with Gasteiger partial charge in [-0.25, -0.2) is 9.37 Å². The van der Waals surface area contributed by atoms with Crippen LogP contribution in [0.1, 0.15) is 6.92 Å². The summed E-state index contributed by atoms with van der Waals surface area (Å²) in [6.45, 7) is 2.42. The molecule has 1 aromatic heterocycles. The predicted molar refractivity (Wildman–Crippen MR) is 79.7 cm³/mol. The average Bonchev–Trinajstić information content (AvgIpc) is 2.43. The van der Waals surface area contributed by atoms with E-state index in [1.54, 1.807) is 6.07 Å². The van der Waals surface area contributed by atoms with Crippen LogP contribution in [0.5, 0.6) is 0 Å². The highest BCUT2D eigenvalue weighted by molar-refractivity contribution is 6.30. The summed E-state index contributed by atoms with van der Waals surface area (Å²) in [6.07, 6.45) is 0. The molecule has 1 heterocycles. The van der Waals surface area contributed by atoms with Crippen molar-refractivity contribution < 1.29 is 9.31 Å². The second-order valence-corrected chi connectivity index (χ2v) is 4.54. The zero-order valence-corrected chi connectivity index (χ0v) is 11.8. The summed E-state index contributed by atoms with van der Waals surface area (Å²) in [4.78, 5) is 14.6. The molecule has 0 unspecified atom stereocenters. The van der Waals surface area contributed by atoms with E-state index in [1.165, 1.54) is 24.3 Å². The van der Waals surface area contributed by atoms with Crippen LogP contribution >= 0.6 is 11.6 Å². The van der Waals surface area contributed by atoms with Gasteiger partial charge in [-0.2, -0.15) is 0 Å². The van der Waals surface area contributed by atoms with Crippen molar-refractivity contribution in [1.29, 1.82) is 0 Å². The number of aromatic nitrogens is 1. The molecule has 2 rings (SSSR count). The van der Waals surface area contributed by atoms with E-state index in [-0.39, 0.29) is 16.5 Å². The summed E-state index contributed by atoms with van der Waals surface area (Å²) in [7, 11) is 0. The number of pyridine rings is 1. The Morgan fingerprint density at radius 3 is 2.67 bits per heavy atom. The maximum absolute atomic E-state index is 13.4. The normalized spacial score (nSPS) is 10.2. The zero-order valence-electron chi connectivity index (χ0n) is 11.1. The van der Waals surface area contributed by atoms with Gasteiger partial charge in [0.2, 0.25) is 0 Å². The first-order chi connectivity index (χ1) is 9.99. The maximum Gasteiger partial charge on any atom is 0.276 e. The molecule has 0 amide bonds. The summed E-state index contributed by atoms with van der Waals surface area (Å²) < 4.78 is 13.4. The summed E-state index contributed by atoms with van der Waals surface area (Å²) in [5.74, 6) is 0.0181. The Balaban J connectivity index is 2.33. The monoisotopic (exact) mass is 310 g/mol. The molecule has 21 heavy (non-hydrogen) atoms. The third-order valence-corrected chi connectivity index (χ3v) is 2.88. The molecule has 0 aliphatic carbocycles. The van der Waals surface area contributed by atoms with Crippen LogP contribution in [0.3, 0.4) is 0 Å². The standard InChI is InChI=1S/C13H12ClFN4O2/c1-2-16-12-6-9(19(20)21)7-13(18-12)17-8-3-4-10(14)11(15)5-8/h3-7H,2H2,1H3,(H2,16,17,18). The summed E-state index contributed by atoms with van der Waals surface area (Å²) in [5.41, 5.74) is 0.283. The summed E-state index contributed by atoms with van der Waals surface area (Å²) in [6, 6.07) is 6.74. The van der Waals surface area contributed by atoms with Crippen molar-refractivity contribution in [3.63, 3.8) is 0 Å². The zero-order chi connectivity index (χ0) is 15.4. The van der Waals surface area contributed by atoms with Crippen LogP contribution in [0, 0.1) is 15.9 Å². The van der Waals surface area contributed by atoms with Crippen LogP contribution in [0.4, 0.5) is 27.4 Å². The van der Waals surface area contributed by atoms with Crippen LogP contribution < -0.4 is 10.6 Å². The van der Waals surface area contributed by atoms with E-state index in [4.69, 9.17) is 11.6 Å². The van der Waals surface area contributed by atoms with E-state index >= 15 is 0 Å². The van der Waals surface area contributed by atoms with Crippen molar-refractivity contribution in [3.05, 3.63) is 51.3 Å². The van der Waals surface area contributed by atoms with E-state index in [9.17, 15) is 14.5 Å². The van der Waals surface area contributed by atoms with Crippen molar-refractivity contribution in [3.8, 4) is 0 Å².